The molecular weight excluding hydrogens is 190 g/mol. The molecule has 82 valence electrons. The van der Waals surface area contributed by atoms with Gasteiger partial charge in [-0.25, -0.2) is 0 Å². The van der Waals surface area contributed by atoms with Gasteiger partial charge in [-0.05, 0) is 12.0 Å². The summed E-state index contributed by atoms with van der Waals surface area (Å²) in [5.41, 5.74) is 0.934. The molecule has 1 saturated heterocycles. The monoisotopic (exact) mass is 207 g/mol. The van der Waals surface area contributed by atoms with E-state index in [0.29, 0.717) is 6.61 Å². The number of benzene rings is 1. The zero-order chi connectivity index (χ0) is 10.6. The summed E-state index contributed by atoms with van der Waals surface area (Å²) in [6.45, 7) is 2.24. The predicted octanol–water partition coefficient (Wildman–Crippen LogP) is 0.580. The van der Waals surface area contributed by atoms with Crippen LogP contribution in [0, 0.1) is 0 Å². The summed E-state index contributed by atoms with van der Waals surface area (Å²) in [6.07, 6.45) is 0.810. The van der Waals surface area contributed by atoms with Crippen molar-refractivity contribution in [1.82, 2.24) is 5.32 Å². The maximum Gasteiger partial charge on any atom is 0.0692 e. The van der Waals surface area contributed by atoms with Gasteiger partial charge >= 0.3 is 0 Å². The molecule has 1 aromatic rings. The Hall–Kier alpha value is -0.900. The van der Waals surface area contributed by atoms with Gasteiger partial charge in [0.2, 0.25) is 0 Å². The van der Waals surface area contributed by atoms with Crippen LogP contribution in [0.3, 0.4) is 0 Å². The number of rotatable bonds is 3. The molecule has 3 nitrogen and oxygen atoms in total. The summed E-state index contributed by atoms with van der Waals surface area (Å²) in [5.74, 6) is 0. The Bertz CT molecular complexity index is 294. The van der Waals surface area contributed by atoms with E-state index in [1.807, 2.05) is 18.2 Å². The van der Waals surface area contributed by atoms with Crippen LogP contribution in [-0.4, -0.2) is 37.0 Å². The molecule has 1 aliphatic heterocycles. The number of aliphatic hydroxyl groups excluding tert-OH is 1. The lowest BCUT2D eigenvalue weighted by Gasteiger charge is -2.36. The first-order valence-corrected chi connectivity index (χ1v) is 5.32. The number of hydrogen-bond acceptors (Lipinski definition) is 3. The first-order valence-electron chi connectivity index (χ1n) is 5.32. The molecular formula is C12H17NO2. The van der Waals surface area contributed by atoms with Crippen molar-refractivity contribution in [3.05, 3.63) is 35.9 Å². The molecule has 1 fully saturated rings. The highest BCUT2D eigenvalue weighted by Gasteiger charge is 2.31. The zero-order valence-electron chi connectivity index (χ0n) is 8.78. The molecule has 0 aliphatic carbocycles. The largest absolute Gasteiger partial charge is 0.394 e. The van der Waals surface area contributed by atoms with E-state index < -0.39 is 0 Å². The summed E-state index contributed by atoms with van der Waals surface area (Å²) in [6, 6.07) is 10.2. The Kier molecular flexibility index (Phi) is 3.36. The molecule has 0 spiro atoms. The molecule has 0 radical (unpaired) electrons. The lowest BCUT2D eigenvalue weighted by molar-refractivity contribution is -0.000718. The Morgan fingerprint density at radius 3 is 2.73 bits per heavy atom. The van der Waals surface area contributed by atoms with E-state index in [1.54, 1.807) is 0 Å². The van der Waals surface area contributed by atoms with Crippen molar-refractivity contribution in [2.75, 3.05) is 26.4 Å². The number of nitrogens with one attached hydrogen (secondary N) is 1. The van der Waals surface area contributed by atoms with E-state index in [1.165, 1.54) is 5.56 Å². The summed E-state index contributed by atoms with van der Waals surface area (Å²) in [5, 5.41) is 12.8. The molecule has 1 atom stereocenters. The lowest BCUT2D eigenvalue weighted by Crippen LogP contribution is -2.58. The van der Waals surface area contributed by atoms with Crippen LogP contribution in [0.4, 0.5) is 0 Å². The van der Waals surface area contributed by atoms with Gasteiger partial charge in [0, 0.05) is 6.54 Å². The maximum absolute atomic E-state index is 9.46. The lowest BCUT2D eigenvalue weighted by atomic mass is 9.91. The highest BCUT2D eigenvalue weighted by atomic mass is 16.5. The first-order chi connectivity index (χ1) is 7.35. The summed E-state index contributed by atoms with van der Waals surface area (Å²) in [7, 11) is 0. The van der Waals surface area contributed by atoms with Crippen LogP contribution in [0.1, 0.15) is 5.56 Å². The average Bonchev–Trinajstić information content (AvgIpc) is 2.32. The molecule has 2 rings (SSSR count). The normalized spacial score (nSPS) is 26.5. The fourth-order valence-electron chi connectivity index (χ4n) is 1.96. The highest BCUT2D eigenvalue weighted by molar-refractivity contribution is 5.18. The molecule has 0 saturated carbocycles. The van der Waals surface area contributed by atoms with Crippen molar-refractivity contribution >= 4 is 0 Å². The Morgan fingerprint density at radius 2 is 2.13 bits per heavy atom. The van der Waals surface area contributed by atoms with Crippen LogP contribution in [0.15, 0.2) is 30.3 Å². The maximum atomic E-state index is 9.46. The Morgan fingerprint density at radius 1 is 1.33 bits per heavy atom. The smallest absolute Gasteiger partial charge is 0.0692 e. The molecule has 0 bridgehead atoms. The van der Waals surface area contributed by atoms with Crippen molar-refractivity contribution < 1.29 is 9.84 Å². The third-order valence-corrected chi connectivity index (χ3v) is 2.81. The summed E-state index contributed by atoms with van der Waals surface area (Å²) in [4.78, 5) is 0. The highest BCUT2D eigenvalue weighted by Crippen LogP contribution is 2.16. The molecule has 1 aromatic carbocycles. The molecule has 1 unspecified atom stereocenters. The quantitative estimate of drug-likeness (QED) is 0.762. The van der Waals surface area contributed by atoms with Gasteiger partial charge in [0.15, 0.2) is 0 Å². The number of ether oxygens (including phenoxy) is 1. The Labute approximate surface area is 90.1 Å². The Balaban J connectivity index is 2.07. The minimum atomic E-state index is -0.292. The van der Waals surface area contributed by atoms with Crippen LogP contribution in [0.25, 0.3) is 0 Å². The zero-order valence-corrected chi connectivity index (χ0v) is 8.78. The molecule has 3 heteroatoms. The van der Waals surface area contributed by atoms with Gasteiger partial charge in [-0.2, -0.15) is 0 Å². The van der Waals surface area contributed by atoms with Gasteiger partial charge in [-0.3, -0.25) is 0 Å². The molecule has 2 N–H and O–H groups in total. The predicted molar refractivity (Wildman–Crippen MR) is 58.8 cm³/mol. The fourth-order valence-corrected chi connectivity index (χ4v) is 1.96. The van der Waals surface area contributed by atoms with Crippen LogP contribution < -0.4 is 5.32 Å². The number of hydrogen-bond donors (Lipinski definition) is 2. The van der Waals surface area contributed by atoms with Gasteiger partial charge in [0.1, 0.15) is 0 Å². The van der Waals surface area contributed by atoms with Gasteiger partial charge < -0.3 is 15.2 Å². The third-order valence-electron chi connectivity index (χ3n) is 2.81. The second-order valence-corrected chi connectivity index (χ2v) is 4.08. The number of morpholine rings is 1. The topological polar surface area (TPSA) is 41.5 Å². The van der Waals surface area contributed by atoms with Gasteiger partial charge in [0.05, 0.1) is 25.4 Å². The SMILES string of the molecule is OCC1(Cc2ccccc2)COCCN1. The van der Waals surface area contributed by atoms with Crippen molar-refractivity contribution in [3.8, 4) is 0 Å². The van der Waals surface area contributed by atoms with E-state index in [9.17, 15) is 5.11 Å². The van der Waals surface area contributed by atoms with E-state index in [-0.39, 0.29) is 12.1 Å². The standard InChI is InChI=1S/C12H17NO2/c14-9-12(10-15-7-6-13-12)8-11-4-2-1-3-5-11/h1-5,13-14H,6-10H2. The van der Waals surface area contributed by atoms with E-state index in [0.717, 1.165) is 19.6 Å². The summed E-state index contributed by atoms with van der Waals surface area (Å²) < 4.78 is 5.43. The second-order valence-electron chi connectivity index (χ2n) is 4.08. The summed E-state index contributed by atoms with van der Waals surface area (Å²) >= 11 is 0. The van der Waals surface area contributed by atoms with Gasteiger partial charge in [-0.1, -0.05) is 30.3 Å². The van der Waals surface area contributed by atoms with Crippen LogP contribution in [0.2, 0.25) is 0 Å². The number of aliphatic hydroxyl groups is 1. The van der Waals surface area contributed by atoms with E-state index >= 15 is 0 Å². The minimum Gasteiger partial charge on any atom is -0.394 e. The van der Waals surface area contributed by atoms with Crippen molar-refractivity contribution in [3.63, 3.8) is 0 Å². The molecule has 1 heterocycles. The van der Waals surface area contributed by atoms with E-state index in [4.69, 9.17) is 4.74 Å². The van der Waals surface area contributed by atoms with Crippen LogP contribution >= 0.6 is 0 Å². The third kappa shape index (κ3) is 2.56. The van der Waals surface area contributed by atoms with Crippen molar-refractivity contribution in [2.45, 2.75) is 12.0 Å². The molecule has 0 aromatic heterocycles. The second kappa shape index (κ2) is 4.75. The van der Waals surface area contributed by atoms with Crippen LogP contribution in [0.5, 0.6) is 0 Å². The van der Waals surface area contributed by atoms with E-state index in [2.05, 4.69) is 17.4 Å². The average molecular weight is 207 g/mol. The van der Waals surface area contributed by atoms with Crippen molar-refractivity contribution in [1.29, 1.82) is 0 Å². The molecule has 1 aliphatic rings. The fraction of sp³-hybridized carbons (Fsp3) is 0.500. The van der Waals surface area contributed by atoms with Gasteiger partial charge in [0.25, 0.3) is 0 Å². The first kappa shape index (κ1) is 10.6. The molecule has 15 heavy (non-hydrogen) atoms. The molecule has 0 amide bonds. The minimum absolute atomic E-state index is 0.113. The van der Waals surface area contributed by atoms with Gasteiger partial charge in [-0.15, -0.1) is 0 Å². The van der Waals surface area contributed by atoms with Crippen molar-refractivity contribution in [2.24, 2.45) is 0 Å². The van der Waals surface area contributed by atoms with Crippen LogP contribution in [-0.2, 0) is 11.2 Å².